The molecule has 1 fully saturated rings. The van der Waals surface area contributed by atoms with Gasteiger partial charge in [0.15, 0.2) is 5.96 Å². The minimum atomic E-state index is 0. The van der Waals surface area contributed by atoms with Gasteiger partial charge in [-0.15, -0.1) is 24.0 Å². The van der Waals surface area contributed by atoms with Gasteiger partial charge in [0.1, 0.15) is 12.7 Å². The van der Waals surface area contributed by atoms with Gasteiger partial charge in [0.2, 0.25) is 0 Å². The summed E-state index contributed by atoms with van der Waals surface area (Å²) in [5.74, 6) is 1.86. The average Bonchev–Trinajstić information content (AvgIpc) is 3.37. The maximum atomic E-state index is 4.71. The lowest BCUT2D eigenvalue weighted by Gasteiger charge is -2.13. The average molecular weight is 482 g/mol. The van der Waals surface area contributed by atoms with E-state index < -0.39 is 0 Å². The maximum absolute atomic E-state index is 4.71. The lowest BCUT2D eigenvalue weighted by molar-refractivity contribution is 0.481. The number of guanidine groups is 1. The van der Waals surface area contributed by atoms with Gasteiger partial charge in [-0.1, -0.05) is 37.8 Å². The van der Waals surface area contributed by atoms with Crippen molar-refractivity contribution in [3.05, 3.63) is 42.5 Å². The normalized spacial score (nSPS) is 14.8. The third kappa shape index (κ3) is 7.12. The van der Waals surface area contributed by atoms with Crippen LogP contribution in [-0.4, -0.2) is 33.8 Å². The highest BCUT2D eigenvalue weighted by Gasteiger charge is 2.13. The monoisotopic (exact) mass is 482 g/mol. The van der Waals surface area contributed by atoms with E-state index in [0.717, 1.165) is 30.7 Å². The Bertz CT molecular complexity index is 662. The summed E-state index contributed by atoms with van der Waals surface area (Å²) in [4.78, 5) is 8.68. The molecule has 1 aliphatic carbocycles. The smallest absolute Gasteiger partial charge is 0.191 e. The summed E-state index contributed by atoms with van der Waals surface area (Å²) < 4.78 is 1.75. The van der Waals surface area contributed by atoms with Gasteiger partial charge < -0.3 is 10.6 Å². The van der Waals surface area contributed by atoms with Gasteiger partial charge in [-0.25, -0.2) is 14.7 Å². The number of aromatic nitrogens is 3. The van der Waals surface area contributed by atoms with Crippen molar-refractivity contribution in [3.63, 3.8) is 0 Å². The van der Waals surface area contributed by atoms with Crippen molar-refractivity contribution in [2.24, 2.45) is 10.9 Å². The van der Waals surface area contributed by atoms with E-state index in [2.05, 4.69) is 39.8 Å². The van der Waals surface area contributed by atoms with Crippen LogP contribution >= 0.6 is 24.0 Å². The van der Waals surface area contributed by atoms with Crippen LogP contribution in [-0.2, 0) is 6.54 Å². The second kappa shape index (κ2) is 11.9. The number of nitrogens with zero attached hydrogens (tertiary/aromatic N) is 4. The van der Waals surface area contributed by atoms with Gasteiger partial charge in [-0.05, 0) is 43.4 Å². The molecule has 1 aromatic carbocycles. The fourth-order valence-electron chi connectivity index (χ4n) is 3.50. The van der Waals surface area contributed by atoms with Crippen molar-refractivity contribution in [3.8, 4) is 5.69 Å². The number of nitrogens with one attached hydrogen (secondary N) is 2. The topological polar surface area (TPSA) is 67.1 Å². The Hall–Kier alpha value is -1.64. The van der Waals surface area contributed by atoms with E-state index in [4.69, 9.17) is 4.99 Å². The molecule has 0 saturated heterocycles. The molecule has 2 aromatic rings. The number of hydrogen-bond donors (Lipinski definition) is 2. The first kappa shape index (κ1) is 21.7. The van der Waals surface area contributed by atoms with Gasteiger partial charge in [-0.3, -0.25) is 0 Å². The molecule has 1 heterocycles. The van der Waals surface area contributed by atoms with E-state index in [1.165, 1.54) is 44.1 Å². The third-order valence-electron chi connectivity index (χ3n) is 4.94. The van der Waals surface area contributed by atoms with E-state index in [0.29, 0.717) is 6.54 Å². The van der Waals surface area contributed by atoms with Crippen LogP contribution in [0.25, 0.3) is 5.69 Å². The SMILES string of the molecule is CCNC(=NCc1ccc(-n2cncn2)cc1)NCCCC1CCCC1.I. The first-order valence-electron chi connectivity index (χ1n) is 9.81. The summed E-state index contributed by atoms with van der Waals surface area (Å²) in [5, 5.41) is 10.9. The molecule has 0 aliphatic heterocycles. The molecule has 0 bridgehead atoms. The van der Waals surface area contributed by atoms with Crippen LogP contribution in [0.15, 0.2) is 41.9 Å². The predicted octanol–water partition coefficient (Wildman–Crippen LogP) is 3.91. The Balaban J connectivity index is 0.00000261. The lowest BCUT2D eigenvalue weighted by atomic mass is 10.0. The van der Waals surface area contributed by atoms with Gasteiger partial charge in [0, 0.05) is 13.1 Å². The van der Waals surface area contributed by atoms with E-state index in [1.54, 1.807) is 17.3 Å². The van der Waals surface area contributed by atoms with E-state index in [1.807, 2.05) is 12.1 Å². The fourth-order valence-corrected chi connectivity index (χ4v) is 3.50. The number of rotatable bonds is 8. The lowest BCUT2D eigenvalue weighted by Crippen LogP contribution is -2.37. The zero-order chi connectivity index (χ0) is 18.0. The highest BCUT2D eigenvalue weighted by atomic mass is 127. The maximum Gasteiger partial charge on any atom is 0.191 e. The molecule has 1 aromatic heterocycles. The molecular weight excluding hydrogens is 451 g/mol. The van der Waals surface area contributed by atoms with Crippen LogP contribution in [0.3, 0.4) is 0 Å². The van der Waals surface area contributed by atoms with Crippen LogP contribution < -0.4 is 10.6 Å². The molecule has 0 unspecified atom stereocenters. The number of halogens is 1. The first-order chi connectivity index (χ1) is 12.8. The molecule has 6 nitrogen and oxygen atoms in total. The molecule has 1 aliphatic rings. The quantitative estimate of drug-likeness (QED) is 0.259. The Morgan fingerprint density at radius 3 is 2.63 bits per heavy atom. The third-order valence-corrected chi connectivity index (χ3v) is 4.94. The van der Waals surface area contributed by atoms with Crippen LogP contribution in [0.1, 0.15) is 51.0 Å². The summed E-state index contributed by atoms with van der Waals surface area (Å²) in [6.07, 6.45) is 11.5. The van der Waals surface area contributed by atoms with Crippen molar-refractivity contribution in [2.75, 3.05) is 13.1 Å². The number of hydrogen-bond acceptors (Lipinski definition) is 3. The second-order valence-electron chi connectivity index (χ2n) is 6.92. The van der Waals surface area contributed by atoms with Crippen molar-refractivity contribution >= 4 is 29.9 Å². The number of benzene rings is 1. The Kier molecular flexibility index (Phi) is 9.58. The zero-order valence-corrected chi connectivity index (χ0v) is 18.4. The summed E-state index contributed by atoms with van der Waals surface area (Å²) in [7, 11) is 0. The highest BCUT2D eigenvalue weighted by molar-refractivity contribution is 14.0. The predicted molar refractivity (Wildman–Crippen MR) is 121 cm³/mol. The molecule has 7 heteroatoms. The molecule has 1 saturated carbocycles. The second-order valence-corrected chi connectivity index (χ2v) is 6.92. The molecule has 0 spiro atoms. The summed E-state index contributed by atoms with van der Waals surface area (Å²) in [5.41, 5.74) is 2.18. The highest BCUT2D eigenvalue weighted by Crippen LogP contribution is 2.28. The van der Waals surface area contributed by atoms with Crippen LogP contribution in [0.2, 0.25) is 0 Å². The summed E-state index contributed by atoms with van der Waals surface area (Å²) >= 11 is 0. The molecule has 148 valence electrons. The van der Waals surface area contributed by atoms with Gasteiger partial charge in [0.05, 0.1) is 12.2 Å². The van der Waals surface area contributed by atoms with Crippen molar-refractivity contribution in [2.45, 2.75) is 52.0 Å². The van der Waals surface area contributed by atoms with Gasteiger partial charge >= 0.3 is 0 Å². The minimum Gasteiger partial charge on any atom is -0.357 e. The van der Waals surface area contributed by atoms with Crippen LogP contribution in [0, 0.1) is 5.92 Å². The zero-order valence-electron chi connectivity index (χ0n) is 16.1. The Labute approximate surface area is 179 Å². The molecule has 0 amide bonds. The van der Waals surface area contributed by atoms with Gasteiger partial charge in [0.25, 0.3) is 0 Å². The fraction of sp³-hybridized carbons (Fsp3) is 0.550. The van der Waals surface area contributed by atoms with Gasteiger partial charge in [-0.2, -0.15) is 5.10 Å². The number of aliphatic imine (C=N–C) groups is 1. The summed E-state index contributed by atoms with van der Waals surface area (Å²) in [6, 6.07) is 8.26. The summed E-state index contributed by atoms with van der Waals surface area (Å²) in [6.45, 7) is 4.63. The van der Waals surface area contributed by atoms with E-state index in [9.17, 15) is 0 Å². The van der Waals surface area contributed by atoms with E-state index in [-0.39, 0.29) is 24.0 Å². The minimum absolute atomic E-state index is 0. The Morgan fingerprint density at radius 2 is 1.96 bits per heavy atom. The molecular formula is C20H31IN6. The van der Waals surface area contributed by atoms with E-state index >= 15 is 0 Å². The molecule has 3 rings (SSSR count). The Morgan fingerprint density at radius 1 is 1.19 bits per heavy atom. The van der Waals surface area contributed by atoms with Crippen LogP contribution in [0.5, 0.6) is 0 Å². The van der Waals surface area contributed by atoms with Crippen molar-refractivity contribution in [1.82, 2.24) is 25.4 Å². The molecule has 27 heavy (non-hydrogen) atoms. The van der Waals surface area contributed by atoms with Crippen molar-refractivity contribution in [1.29, 1.82) is 0 Å². The van der Waals surface area contributed by atoms with Crippen molar-refractivity contribution < 1.29 is 0 Å². The molecule has 0 radical (unpaired) electrons. The largest absolute Gasteiger partial charge is 0.357 e. The first-order valence-corrected chi connectivity index (χ1v) is 9.81. The molecule has 2 N–H and O–H groups in total. The molecule has 0 atom stereocenters. The van der Waals surface area contributed by atoms with Crippen LogP contribution in [0.4, 0.5) is 0 Å². The standard InChI is InChI=1S/C20H30N6.HI/c1-2-22-20(23-13-5-8-17-6-3-4-7-17)24-14-18-9-11-19(12-10-18)26-16-21-15-25-26;/h9-12,15-17H,2-8,13-14H2,1H3,(H2,22,23,24);1H.